The number of imidazole rings is 1. The van der Waals surface area contributed by atoms with Gasteiger partial charge in [0, 0.05) is 6.92 Å². The van der Waals surface area contributed by atoms with E-state index in [0.29, 0.717) is 5.82 Å². The number of aromatic amines is 1. The van der Waals surface area contributed by atoms with Crippen molar-refractivity contribution in [1.29, 1.82) is 0 Å². The van der Waals surface area contributed by atoms with Crippen LogP contribution < -0.4 is 0 Å². The van der Waals surface area contributed by atoms with Gasteiger partial charge in [-0.1, -0.05) is 20.8 Å². The Morgan fingerprint density at radius 1 is 1.47 bits per heavy atom. The van der Waals surface area contributed by atoms with Gasteiger partial charge in [0.15, 0.2) is 20.6 Å². The Morgan fingerprint density at radius 3 is 2.41 bits per heavy atom. The molecule has 0 saturated heterocycles. The Hall–Kier alpha value is -0.943. The van der Waals surface area contributed by atoms with Crippen LogP contribution in [-0.4, -0.2) is 24.8 Å². The van der Waals surface area contributed by atoms with Gasteiger partial charge in [0.25, 0.3) is 0 Å². The van der Waals surface area contributed by atoms with Crippen molar-refractivity contribution in [3.63, 3.8) is 0 Å². The first-order valence-corrected chi connectivity index (χ1v) is 8.71. The minimum Gasteiger partial charge on any atom is -0.412 e. The molecular weight excluding hydrogens is 232 g/mol. The maximum atomic E-state index is 11.2. The molecule has 1 unspecified atom stereocenters. The summed E-state index contributed by atoms with van der Waals surface area (Å²) in [7, 11) is -1.15. The van der Waals surface area contributed by atoms with E-state index in [-0.39, 0.29) is 17.3 Å². The number of rotatable bonds is 4. The van der Waals surface area contributed by atoms with E-state index in [4.69, 9.17) is 4.43 Å². The van der Waals surface area contributed by atoms with E-state index in [2.05, 4.69) is 43.8 Å². The Bertz CT molecular complexity index is 393. The van der Waals surface area contributed by atoms with E-state index >= 15 is 0 Å². The lowest BCUT2D eigenvalue weighted by molar-refractivity contribution is 0.0828. The highest BCUT2D eigenvalue weighted by molar-refractivity contribution is 6.48. The first kappa shape index (κ1) is 14.1. The van der Waals surface area contributed by atoms with Crippen LogP contribution in [0.15, 0.2) is 6.20 Å². The number of aromatic nitrogens is 2. The van der Waals surface area contributed by atoms with Gasteiger partial charge in [-0.2, -0.15) is 0 Å². The predicted octanol–water partition coefficient (Wildman–Crippen LogP) is 2.70. The zero-order chi connectivity index (χ0) is 13.2. The summed E-state index contributed by atoms with van der Waals surface area (Å²) in [6, 6.07) is 0. The molecule has 1 N–H and O–H groups in total. The van der Waals surface area contributed by atoms with E-state index < -0.39 is 9.04 Å². The van der Waals surface area contributed by atoms with Crippen molar-refractivity contribution in [1.82, 2.24) is 9.97 Å². The van der Waals surface area contributed by atoms with Gasteiger partial charge in [0.2, 0.25) is 0 Å². The molecule has 0 bridgehead atoms. The number of nitrogens with one attached hydrogen (secondary N) is 1. The number of hydrogen-bond acceptors (Lipinski definition) is 3. The number of nitrogens with zero attached hydrogens (tertiary/aromatic N) is 1. The van der Waals surface area contributed by atoms with Gasteiger partial charge in [-0.15, -0.1) is 0 Å². The standard InChI is InChI=1S/C12H22N2O2Si/c1-8(15)11-13-7-9(14-11)10(12(2,3)4)16-17(5)6/h7,10,17H,1-6H3,(H,13,14). The SMILES string of the molecule is CC(=O)c1ncc(C(O[SiH](C)C)C(C)(C)C)[nH]1. The maximum Gasteiger partial charge on any atom is 0.194 e. The van der Waals surface area contributed by atoms with Crippen LogP contribution in [0.1, 0.15) is 50.1 Å². The van der Waals surface area contributed by atoms with Crippen molar-refractivity contribution < 1.29 is 9.22 Å². The maximum absolute atomic E-state index is 11.2. The third-order valence-corrected chi connectivity index (χ3v) is 3.22. The number of Topliss-reactive ketones (excluding diaryl/α,β-unsaturated/α-hetero) is 1. The summed E-state index contributed by atoms with van der Waals surface area (Å²) >= 11 is 0. The second-order valence-corrected chi connectivity index (χ2v) is 8.04. The Morgan fingerprint density at radius 2 is 2.06 bits per heavy atom. The van der Waals surface area contributed by atoms with Gasteiger partial charge >= 0.3 is 0 Å². The van der Waals surface area contributed by atoms with E-state index in [9.17, 15) is 4.79 Å². The fourth-order valence-electron chi connectivity index (χ4n) is 1.66. The molecule has 1 aromatic rings. The summed E-state index contributed by atoms with van der Waals surface area (Å²) in [6.07, 6.45) is 1.68. The van der Waals surface area contributed by atoms with E-state index in [1.54, 1.807) is 6.20 Å². The predicted molar refractivity (Wildman–Crippen MR) is 70.8 cm³/mol. The summed E-state index contributed by atoms with van der Waals surface area (Å²) in [5, 5.41) is 0. The summed E-state index contributed by atoms with van der Waals surface area (Å²) < 4.78 is 6.05. The number of hydrogen-bond donors (Lipinski definition) is 1. The first-order chi connectivity index (χ1) is 7.71. The van der Waals surface area contributed by atoms with Crippen molar-refractivity contribution in [3.05, 3.63) is 17.7 Å². The molecule has 1 aromatic heterocycles. The van der Waals surface area contributed by atoms with Crippen LogP contribution in [0, 0.1) is 5.41 Å². The average molecular weight is 254 g/mol. The number of carbonyl (C=O) groups excluding carboxylic acids is 1. The topological polar surface area (TPSA) is 55.0 Å². The van der Waals surface area contributed by atoms with Crippen molar-refractivity contribution in [2.75, 3.05) is 0 Å². The van der Waals surface area contributed by atoms with Crippen LogP contribution in [0.2, 0.25) is 13.1 Å². The molecule has 1 heterocycles. The molecule has 1 atom stereocenters. The lowest BCUT2D eigenvalue weighted by Crippen LogP contribution is -2.26. The fourth-order valence-corrected chi connectivity index (χ4v) is 2.76. The number of H-pyrrole nitrogens is 1. The summed E-state index contributed by atoms with van der Waals surface area (Å²) in [5.41, 5.74) is 0.876. The summed E-state index contributed by atoms with van der Waals surface area (Å²) in [6.45, 7) is 12.2. The van der Waals surface area contributed by atoms with E-state index in [0.717, 1.165) is 5.69 Å². The molecule has 0 fully saturated rings. The van der Waals surface area contributed by atoms with Crippen LogP contribution in [-0.2, 0) is 4.43 Å². The molecule has 96 valence electrons. The normalized spacial score (nSPS) is 14.1. The Balaban J connectivity index is 3.00. The second-order valence-electron chi connectivity index (χ2n) is 5.67. The zero-order valence-electron chi connectivity index (χ0n) is 11.5. The summed E-state index contributed by atoms with van der Waals surface area (Å²) in [4.78, 5) is 18.4. The van der Waals surface area contributed by atoms with Gasteiger partial charge in [-0.05, 0) is 18.5 Å². The Kier molecular flexibility index (Phi) is 4.27. The van der Waals surface area contributed by atoms with E-state index in [1.807, 2.05) is 0 Å². The van der Waals surface area contributed by atoms with Crippen LogP contribution >= 0.6 is 0 Å². The molecule has 17 heavy (non-hydrogen) atoms. The third-order valence-electron chi connectivity index (χ3n) is 2.41. The molecule has 0 aliphatic carbocycles. The highest BCUT2D eigenvalue weighted by Gasteiger charge is 2.29. The summed E-state index contributed by atoms with van der Waals surface area (Å²) in [5.74, 6) is 0.356. The highest BCUT2D eigenvalue weighted by Crippen LogP contribution is 2.35. The second kappa shape index (κ2) is 5.14. The largest absolute Gasteiger partial charge is 0.412 e. The van der Waals surface area contributed by atoms with E-state index in [1.165, 1.54) is 6.92 Å². The molecule has 4 nitrogen and oxygen atoms in total. The molecule has 0 radical (unpaired) electrons. The van der Waals surface area contributed by atoms with Gasteiger partial charge in [-0.25, -0.2) is 4.98 Å². The molecule has 0 aliphatic rings. The molecular formula is C12H22N2O2Si. The van der Waals surface area contributed by atoms with Crippen LogP contribution in [0.4, 0.5) is 0 Å². The van der Waals surface area contributed by atoms with Gasteiger partial charge in [-0.3, -0.25) is 4.79 Å². The highest BCUT2D eigenvalue weighted by atomic mass is 28.3. The molecule has 0 spiro atoms. The molecule has 5 heteroatoms. The first-order valence-electron chi connectivity index (χ1n) is 5.93. The number of ketones is 1. The minimum absolute atomic E-state index is 0.0160. The van der Waals surface area contributed by atoms with Gasteiger partial charge < -0.3 is 9.41 Å². The Labute approximate surface area is 105 Å². The van der Waals surface area contributed by atoms with Crippen molar-refractivity contribution >= 4 is 14.8 Å². The third kappa shape index (κ3) is 3.78. The lowest BCUT2D eigenvalue weighted by Gasteiger charge is -2.31. The quantitative estimate of drug-likeness (QED) is 0.664. The van der Waals surface area contributed by atoms with Crippen LogP contribution in [0.5, 0.6) is 0 Å². The lowest BCUT2D eigenvalue weighted by atomic mass is 9.87. The zero-order valence-corrected chi connectivity index (χ0v) is 12.7. The van der Waals surface area contributed by atoms with Crippen molar-refractivity contribution in [2.24, 2.45) is 5.41 Å². The minimum atomic E-state index is -1.15. The van der Waals surface area contributed by atoms with Crippen LogP contribution in [0.3, 0.4) is 0 Å². The molecule has 0 aliphatic heterocycles. The van der Waals surface area contributed by atoms with Gasteiger partial charge in [0.1, 0.15) is 0 Å². The molecule has 1 rings (SSSR count). The van der Waals surface area contributed by atoms with Gasteiger partial charge in [0.05, 0.1) is 18.0 Å². The van der Waals surface area contributed by atoms with Crippen molar-refractivity contribution in [3.8, 4) is 0 Å². The van der Waals surface area contributed by atoms with Crippen LogP contribution in [0.25, 0.3) is 0 Å². The average Bonchev–Trinajstić information content (AvgIpc) is 2.60. The molecule has 0 saturated carbocycles. The van der Waals surface area contributed by atoms with Crippen molar-refractivity contribution in [2.45, 2.75) is 46.9 Å². The molecule has 0 aromatic carbocycles. The smallest absolute Gasteiger partial charge is 0.194 e. The number of carbonyl (C=O) groups is 1. The molecule has 0 amide bonds. The monoisotopic (exact) mass is 254 g/mol. The fraction of sp³-hybridized carbons (Fsp3) is 0.667.